The van der Waals surface area contributed by atoms with Crippen LogP contribution < -0.4 is 0 Å². The molecule has 0 atom stereocenters. The fourth-order valence-corrected chi connectivity index (χ4v) is 2.41. The predicted molar refractivity (Wildman–Crippen MR) is 62.8 cm³/mol. The van der Waals surface area contributed by atoms with Crippen LogP contribution in [0.4, 0.5) is 0 Å². The molecule has 0 aliphatic rings. The van der Waals surface area contributed by atoms with Crippen molar-refractivity contribution >= 4 is 27.7 Å². The molecule has 0 radical (unpaired) electrons. The molecule has 0 unspecified atom stereocenters. The average molecular weight is 220 g/mol. The maximum absolute atomic E-state index is 10.6. The lowest BCUT2D eigenvalue weighted by molar-refractivity contribution is 0.112. The summed E-state index contributed by atoms with van der Waals surface area (Å²) in [4.78, 5) is 11.4. The van der Waals surface area contributed by atoms with Gasteiger partial charge in [-0.3, -0.25) is 4.79 Å². The normalized spacial score (nSPS) is 10.7. The minimum Gasteiger partial charge on any atom is -0.384 e. The van der Waals surface area contributed by atoms with Gasteiger partial charge in [-0.05, 0) is 29.5 Å². The molecule has 0 aliphatic heterocycles. The van der Waals surface area contributed by atoms with Crippen molar-refractivity contribution in [1.29, 1.82) is 0 Å². The van der Waals surface area contributed by atoms with Crippen molar-refractivity contribution in [3.63, 3.8) is 0 Å². The number of carbonyl (C=O) groups is 1. The maximum atomic E-state index is 10.6. The molecule has 3 heteroatoms. The summed E-state index contributed by atoms with van der Waals surface area (Å²) in [5, 5.41) is 1.15. The first-order valence-corrected chi connectivity index (χ1v) is 5.61. The van der Waals surface area contributed by atoms with Crippen molar-refractivity contribution in [3.8, 4) is 0 Å². The third-order valence-corrected chi connectivity index (χ3v) is 3.35. The number of benzene rings is 1. The van der Waals surface area contributed by atoms with E-state index in [1.165, 1.54) is 21.6 Å². The smallest absolute Gasteiger partial charge is 0.160 e. The summed E-state index contributed by atoms with van der Waals surface area (Å²) in [6.07, 6.45) is 1.82. The predicted octanol–water partition coefficient (Wildman–Crippen LogP) is 2.90. The van der Waals surface area contributed by atoms with Crippen molar-refractivity contribution in [2.75, 3.05) is 13.7 Å². The summed E-state index contributed by atoms with van der Waals surface area (Å²) in [6.45, 7) is 0.732. The van der Waals surface area contributed by atoms with Crippen molar-refractivity contribution in [1.82, 2.24) is 0 Å². The number of methoxy groups -OCH3 is 1. The number of fused-ring (bicyclic) bond motifs is 1. The second kappa shape index (κ2) is 4.55. The average Bonchev–Trinajstić information content (AvgIpc) is 2.68. The van der Waals surface area contributed by atoms with Gasteiger partial charge in [0, 0.05) is 11.8 Å². The Kier molecular flexibility index (Phi) is 3.14. The Hall–Kier alpha value is -1.19. The van der Waals surface area contributed by atoms with E-state index in [9.17, 15) is 4.79 Å². The first kappa shape index (κ1) is 10.3. The van der Waals surface area contributed by atoms with Crippen LogP contribution in [-0.2, 0) is 11.2 Å². The highest BCUT2D eigenvalue weighted by molar-refractivity contribution is 7.20. The van der Waals surface area contributed by atoms with Crippen LogP contribution in [0.5, 0.6) is 0 Å². The van der Waals surface area contributed by atoms with Crippen LogP contribution >= 0.6 is 11.3 Å². The molecule has 0 bridgehead atoms. The summed E-state index contributed by atoms with van der Waals surface area (Å²) >= 11 is 1.53. The van der Waals surface area contributed by atoms with Crippen LogP contribution in [0.2, 0.25) is 0 Å². The van der Waals surface area contributed by atoms with Gasteiger partial charge in [0.15, 0.2) is 6.29 Å². The van der Waals surface area contributed by atoms with Crippen LogP contribution in [0.1, 0.15) is 15.2 Å². The molecule has 0 saturated heterocycles. The lowest BCUT2D eigenvalue weighted by atomic mass is 10.1. The summed E-state index contributed by atoms with van der Waals surface area (Å²) in [5.74, 6) is 0. The van der Waals surface area contributed by atoms with Gasteiger partial charge in [0.2, 0.25) is 0 Å². The van der Waals surface area contributed by atoms with Crippen LogP contribution in [-0.4, -0.2) is 20.0 Å². The quantitative estimate of drug-likeness (QED) is 0.740. The van der Waals surface area contributed by atoms with E-state index in [4.69, 9.17) is 4.74 Å². The van der Waals surface area contributed by atoms with Gasteiger partial charge in [-0.15, -0.1) is 11.3 Å². The van der Waals surface area contributed by atoms with E-state index in [1.807, 2.05) is 6.07 Å². The Morgan fingerprint density at radius 3 is 3.00 bits per heavy atom. The number of ether oxygens (including phenoxy) is 1. The molecular weight excluding hydrogens is 208 g/mol. The van der Waals surface area contributed by atoms with Gasteiger partial charge in [-0.1, -0.05) is 12.1 Å². The zero-order valence-corrected chi connectivity index (χ0v) is 9.34. The second-order valence-corrected chi connectivity index (χ2v) is 4.50. The zero-order chi connectivity index (χ0) is 10.7. The summed E-state index contributed by atoms with van der Waals surface area (Å²) < 4.78 is 6.20. The molecule has 0 aliphatic carbocycles. The standard InChI is InChI=1S/C12H12O2S/c1-14-5-4-9-2-3-12-10(6-9)7-11(8-13)15-12/h2-3,6-8H,4-5H2,1H3. The second-order valence-electron chi connectivity index (χ2n) is 3.38. The molecule has 2 aromatic rings. The van der Waals surface area contributed by atoms with E-state index < -0.39 is 0 Å². The van der Waals surface area contributed by atoms with Gasteiger partial charge in [0.1, 0.15) is 0 Å². The molecule has 0 amide bonds. The number of rotatable bonds is 4. The highest BCUT2D eigenvalue weighted by Gasteiger charge is 2.01. The minimum atomic E-state index is 0.732. The number of hydrogen-bond donors (Lipinski definition) is 0. The molecule has 0 saturated carbocycles. The first-order valence-electron chi connectivity index (χ1n) is 4.80. The Bertz CT molecular complexity index is 473. The first-order chi connectivity index (χ1) is 7.33. The number of hydrogen-bond acceptors (Lipinski definition) is 3. The topological polar surface area (TPSA) is 26.3 Å². The van der Waals surface area contributed by atoms with Crippen LogP contribution in [0, 0.1) is 0 Å². The fourth-order valence-electron chi connectivity index (χ4n) is 1.55. The number of aldehydes is 1. The Morgan fingerprint density at radius 2 is 2.27 bits per heavy atom. The van der Waals surface area contributed by atoms with Crippen molar-refractivity contribution < 1.29 is 9.53 Å². The molecule has 0 spiro atoms. The van der Waals surface area contributed by atoms with Gasteiger partial charge >= 0.3 is 0 Å². The summed E-state index contributed by atoms with van der Waals surface area (Å²) in [5.41, 5.74) is 1.25. The van der Waals surface area contributed by atoms with Crippen LogP contribution in [0.25, 0.3) is 10.1 Å². The van der Waals surface area contributed by atoms with Crippen molar-refractivity contribution in [2.24, 2.45) is 0 Å². The molecule has 1 aromatic carbocycles. The van der Waals surface area contributed by atoms with E-state index in [-0.39, 0.29) is 0 Å². The highest BCUT2D eigenvalue weighted by atomic mass is 32.1. The highest BCUT2D eigenvalue weighted by Crippen LogP contribution is 2.25. The van der Waals surface area contributed by atoms with Gasteiger partial charge in [-0.25, -0.2) is 0 Å². The Labute approximate surface area is 92.5 Å². The molecule has 15 heavy (non-hydrogen) atoms. The SMILES string of the molecule is COCCc1ccc2sc(C=O)cc2c1. The lowest BCUT2D eigenvalue weighted by Crippen LogP contribution is -1.93. The molecule has 0 fully saturated rings. The number of thiophene rings is 1. The van der Waals surface area contributed by atoms with Crippen molar-refractivity contribution in [3.05, 3.63) is 34.7 Å². The monoisotopic (exact) mass is 220 g/mol. The van der Waals surface area contributed by atoms with E-state index in [2.05, 4.69) is 18.2 Å². The molecule has 2 rings (SSSR count). The van der Waals surface area contributed by atoms with Gasteiger partial charge in [0.25, 0.3) is 0 Å². The molecule has 1 heterocycles. The molecule has 0 N–H and O–H groups in total. The third kappa shape index (κ3) is 2.25. The van der Waals surface area contributed by atoms with Gasteiger partial charge < -0.3 is 4.74 Å². The van der Waals surface area contributed by atoms with E-state index in [1.54, 1.807) is 7.11 Å². The third-order valence-electron chi connectivity index (χ3n) is 2.31. The summed E-state index contributed by atoms with van der Waals surface area (Å²) in [7, 11) is 1.70. The van der Waals surface area contributed by atoms with E-state index in [0.717, 1.165) is 29.6 Å². The molecule has 2 nitrogen and oxygen atoms in total. The summed E-state index contributed by atoms with van der Waals surface area (Å²) in [6, 6.07) is 8.21. The van der Waals surface area contributed by atoms with E-state index >= 15 is 0 Å². The van der Waals surface area contributed by atoms with Crippen molar-refractivity contribution in [2.45, 2.75) is 6.42 Å². The fraction of sp³-hybridized carbons (Fsp3) is 0.250. The molecule has 1 aromatic heterocycles. The van der Waals surface area contributed by atoms with Gasteiger partial charge in [0.05, 0.1) is 11.5 Å². The maximum Gasteiger partial charge on any atom is 0.160 e. The minimum absolute atomic E-state index is 0.732. The Balaban J connectivity index is 2.33. The largest absolute Gasteiger partial charge is 0.384 e. The van der Waals surface area contributed by atoms with Gasteiger partial charge in [-0.2, -0.15) is 0 Å². The zero-order valence-electron chi connectivity index (χ0n) is 8.53. The lowest BCUT2D eigenvalue weighted by Gasteiger charge is -1.99. The number of carbonyl (C=O) groups excluding carboxylic acids is 1. The van der Waals surface area contributed by atoms with Crippen LogP contribution in [0.15, 0.2) is 24.3 Å². The van der Waals surface area contributed by atoms with E-state index in [0.29, 0.717) is 0 Å². The molecule has 78 valence electrons. The Morgan fingerprint density at radius 1 is 1.40 bits per heavy atom. The molecular formula is C12H12O2S. The van der Waals surface area contributed by atoms with Crippen LogP contribution in [0.3, 0.4) is 0 Å².